The van der Waals surface area contributed by atoms with Crippen LogP contribution in [-0.4, -0.2) is 42.9 Å². The second-order valence-corrected chi connectivity index (χ2v) is 5.25. The van der Waals surface area contributed by atoms with Crippen molar-refractivity contribution in [2.45, 2.75) is 20.8 Å². The van der Waals surface area contributed by atoms with Crippen molar-refractivity contribution in [1.82, 2.24) is 10.2 Å². The minimum absolute atomic E-state index is 0.101. The molecule has 0 aliphatic heterocycles. The van der Waals surface area contributed by atoms with Crippen molar-refractivity contribution >= 4 is 17.5 Å². The smallest absolute Gasteiger partial charge is 0.251 e. The van der Waals surface area contributed by atoms with Gasteiger partial charge >= 0.3 is 0 Å². The molecule has 1 aromatic rings. The maximum Gasteiger partial charge on any atom is 0.251 e. The maximum absolute atomic E-state index is 12.1. The second kappa shape index (κ2) is 9.00. The van der Waals surface area contributed by atoms with Gasteiger partial charge in [-0.15, -0.1) is 0 Å². The maximum atomic E-state index is 12.1. The molecule has 0 aliphatic rings. The molecule has 0 aromatic heterocycles. The van der Waals surface area contributed by atoms with E-state index in [4.69, 9.17) is 0 Å². The lowest BCUT2D eigenvalue weighted by Gasteiger charge is -2.19. The summed E-state index contributed by atoms with van der Waals surface area (Å²) in [5, 5.41) is 5.56. The average molecular weight is 303 g/mol. The minimum Gasteiger partial charge on any atom is -0.352 e. The largest absolute Gasteiger partial charge is 0.352 e. The monoisotopic (exact) mass is 303 g/mol. The molecule has 2 amide bonds. The van der Waals surface area contributed by atoms with Gasteiger partial charge in [0, 0.05) is 24.3 Å². The number of rotatable bonds is 8. The van der Waals surface area contributed by atoms with Gasteiger partial charge in [0.15, 0.2) is 0 Å². The van der Waals surface area contributed by atoms with Crippen molar-refractivity contribution in [3.8, 4) is 0 Å². The molecule has 0 bridgehead atoms. The number of likely N-dealkylation sites (N-methyl/N-ethyl adjacent to an activating group) is 1. The van der Waals surface area contributed by atoms with Gasteiger partial charge in [0.25, 0.3) is 5.91 Å². The Bertz CT molecular complexity index is 540. The van der Waals surface area contributed by atoms with Gasteiger partial charge < -0.3 is 10.6 Å². The van der Waals surface area contributed by atoms with E-state index in [9.17, 15) is 9.59 Å². The molecular weight excluding hydrogens is 278 g/mol. The molecule has 0 aliphatic carbocycles. The molecule has 0 fully saturated rings. The minimum atomic E-state index is -0.143. The molecule has 2 N–H and O–H groups in total. The second-order valence-electron chi connectivity index (χ2n) is 5.25. The van der Waals surface area contributed by atoms with Gasteiger partial charge in [-0.25, -0.2) is 0 Å². The van der Waals surface area contributed by atoms with Crippen LogP contribution in [0.5, 0.6) is 0 Å². The molecule has 0 unspecified atom stereocenters. The highest BCUT2D eigenvalue weighted by Crippen LogP contribution is 2.11. The van der Waals surface area contributed by atoms with Crippen LogP contribution in [0, 0.1) is 0 Å². The molecule has 0 saturated carbocycles. The Kier molecular flexibility index (Phi) is 7.32. The Morgan fingerprint density at radius 2 is 1.95 bits per heavy atom. The first kappa shape index (κ1) is 17.9. The normalized spacial score (nSPS) is 10.4. The van der Waals surface area contributed by atoms with Crippen molar-refractivity contribution in [2.24, 2.45) is 0 Å². The lowest BCUT2D eigenvalue weighted by molar-refractivity contribution is -0.117. The summed E-state index contributed by atoms with van der Waals surface area (Å²) in [6.45, 7) is 12.0. The fourth-order valence-corrected chi connectivity index (χ4v) is 2.07. The summed E-state index contributed by atoms with van der Waals surface area (Å²) in [6.07, 6.45) is 0. The molecule has 0 saturated heterocycles. The number of nitrogens with zero attached hydrogens (tertiary/aromatic N) is 1. The van der Waals surface area contributed by atoms with Gasteiger partial charge in [0.05, 0.1) is 6.54 Å². The first-order valence-corrected chi connectivity index (χ1v) is 7.51. The Balaban J connectivity index is 2.66. The summed E-state index contributed by atoms with van der Waals surface area (Å²) in [4.78, 5) is 25.9. The van der Waals surface area contributed by atoms with E-state index in [1.54, 1.807) is 24.3 Å². The molecule has 0 atom stereocenters. The van der Waals surface area contributed by atoms with E-state index in [1.165, 1.54) is 0 Å². The first-order chi connectivity index (χ1) is 10.5. The van der Waals surface area contributed by atoms with Gasteiger partial charge in [0.1, 0.15) is 0 Å². The molecule has 0 spiro atoms. The third-order valence-corrected chi connectivity index (χ3v) is 3.05. The standard InChI is InChI=1S/C17H25N3O2/c1-5-18-17(22)14-8-7-9-15(10-14)19-16(21)12-20(6-2)11-13(3)4/h7-10H,3,5-6,11-12H2,1-2,4H3,(H,18,22)(H,19,21). The topological polar surface area (TPSA) is 61.4 Å². The molecule has 5 nitrogen and oxygen atoms in total. The van der Waals surface area contributed by atoms with Crippen LogP contribution in [0.15, 0.2) is 36.4 Å². The number of anilines is 1. The number of benzene rings is 1. The predicted molar refractivity (Wildman–Crippen MR) is 90.0 cm³/mol. The van der Waals surface area contributed by atoms with Crippen molar-refractivity contribution in [3.05, 3.63) is 42.0 Å². The van der Waals surface area contributed by atoms with Crippen molar-refractivity contribution in [1.29, 1.82) is 0 Å². The highest BCUT2D eigenvalue weighted by molar-refractivity contribution is 5.97. The Morgan fingerprint density at radius 3 is 2.55 bits per heavy atom. The van der Waals surface area contributed by atoms with Crippen LogP contribution < -0.4 is 10.6 Å². The van der Waals surface area contributed by atoms with Crippen LogP contribution in [-0.2, 0) is 4.79 Å². The van der Waals surface area contributed by atoms with Crippen molar-refractivity contribution in [3.63, 3.8) is 0 Å². The van der Waals surface area contributed by atoms with Gasteiger partial charge in [0.2, 0.25) is 5.91 Å². The Morgan fingerprint density at radius 1 is 1.23 bits per heavy atom. The first-order valence-electron chi connectivity index (χ1n) is 7.51. The third kappa shape index (κ3) is 6.10. The zero-order chi connectivity index (χ0) is 16.5. The summed E-state index contributed by atoms with van der Waals surface area (Å²) in [6, 6.07) is 6.93. The highest BCUT2D eigenvalue weighted by atomic mass is 16.2. The van der Waals surface area contributed by atoms with Crippen LogP contribution in [0.1, 0.15) is 31.1 Å². The van der Waals surface area contributed by atoms with Crippen LogP contribution in [0.3, 0.4) is 0 Å². The van der Waals surface area contributed by atoms with Gasteiger partial charge in [-0.2, -0.15) is 0 Å². The molecular formula is C17H25N3O2. The number of hydrogen-bond acceptors (Lipinski definition) is 3. The molecule has 22 heavy (non-hydrogen) atoms. The number of carbonyl (C=O) groups excluding carboxylic acids is 2. The van der Waals surface area contributed by atoms with E-state index in [2.05, 4.69) is 17.2 Å². The van der Waals surface area contributed by atoms with Crippen LogP contribution in [0.25, 0.3) is 0 Å². The summed E-state index contributed by atoms with van der Waals surface area (Å²) in [7, 11) is 0. The summed E-state index contributed by atoms with van der Waals surface area (Å²) >= 11 is 0. The fourth-order valence-electron chi connectivity index (χ4n) is 2.07. The van der Waals surface area contributed by atoms with E-state index in [0.29, 0.717) is 30.9 Å². The SMILES string of the molecule is C=C(C)CN(CC)CC(=O)Nc1cccc(C(=O)NCC)c1. The fraction of sp³-hybridized carbons (Fsp3) is 0.412. The van der Waals surface area contributed by atoms with Crippen LogP contribution in [0.4, 0.5) is 5.69 Å². The van der Waals surface area contributed by atoms with Crippen molar-refractivity contribution < 1.29 is 9.59 Å². The quantitative estimate of drug-likeness (QED) is 0.724. The molecule has 5 heteroatoms. The summed E-state index contributed by atoms with van der Waals surface area (Å²) < 4.78 is 0. The van der Waals surface area contributed by atoms with E-state index in [0.717, 1.165) is 12.1 Å². The van der Waals surface area contributed by atoms with Gasteiger partial charge in [-0.1, -0.05) is 25.1 Å². The number of nitrogens with one attached hydrogen (secondary N) is 2. The van der Waals surface area contributed by atoms with Gasteiger partial charge in [-0.3, -0.25) is 14.5 Å². The Hall–Kier alpha value is -2.14. The van der Waals surface area contributed by atoms with Gasteiger partial charge in [-0.05, 0) is 38.6 Å². The number of carbonyl (C=O) groups is 2. The molecule has 1 aromatic carbocycles. The average Bonchev–Trinajstić information content (AvgIpc) is 2.46. The van der Waals surface area contributed by atoms with E-state index in [-0.39, 0.29) is 11.8 Å². The number of amides is 2. The number of hydrogen-bond donors (Lipinski definition) is 2. The third-order valence-electron chi connectivity index (χ3n) is 3.05. The van der Waals surface area contributed by atoms with E-state index >= 15 is 0 Å². The lowest BCUT2D eigenvalue weighted by atomic mass is 10.2. The Labute approximate surface area is 132 Å². The zero-order valence-electron chi connectivity index (χ0n) is 13.6. The predicted octanol–water partition coefficient (Wildman–Crippen LogP) is 2.27. The highest BCUT2D eigenvalue weighted by Gasteiger charge is 2.10. The summed E-state index contributed by atoms with van der Waals surface area (Å²) in [5.74, 6) is -0.243. The zero-order valence-corrected chi connectivity index (χ0v) is 13.6. The molecule has 0 heterocycles. The van der Waals surface area contributed by atoms with Crippen LogP contribution >= 0.6 is 0 Å². The van der Waals surface area contributed by atoms with E-state index in [1.807, 2.05) is 25.7 Å². The molecule has 1 rings (SSSR count). The lowest BCUT2D eigenvalue weighted by Crippen LogP contribution is -2.34. The van der Waals surface area contributed by atoms with E-state index < -0.39 is 0 Å². The molecule has 120 valence electrons. The summed E-state index contributed by atoms with van der Waals surface area (Å²) in [5.41, 5.74) is 2.18. The van der Waals surface area contributed by atoms with Crippen molar-refractivity contribution in [2.75, 3.05) is 31.5 Å². The van der Waals surface area contributed by atoms with Crippen LogP contribution in [0.2, 0.25) is 0 Å². The molecule has 0 radical (unpaired) electrons.